The van der Waals surface area contributed by atoms with Gasteiger partial charge in [-0.15, -0.1) is 0 Å². The van der Waals surface area contributed by atoms with E-state index < -0.39 is 11.9 Å². The van der Waals surface area contributed by atoms with Crippen molar-refractivity contribution in [2.45, 2.75) is 44.9 Å². The minimum absolute atomic E-state index is 0.0233. The topological polar surface area (TPSA) is 52.6 Å². The number of rotatable bonds is 6. The molecule has 7 heteroatoms. The van der Waals surface area contributed by atoms with E-state index in [1.807, 2.05) is 0 Å². The third kappa shape index (κ3) is 6.15. The smallest absolute Gasteiger partial charge is 0.311 e. The Morgan fingerprint density at radius 3 is 2.25 bits per heavy atom. The van der Waals surface area contributed by atoms with E-state index in [1.165, 1.54) is 31.4 Å². The normalized spacial score (nSPS) is 15.1. The van der Waals surface area contributed by atoms with Gasteiger partial charge in [0, 0.05) is 6.07 Å². The molecule has 2 rings (SSSR count). The van der Waals surface area contributed by atoms with Gasteiger partial charge in [-0.3, -0.25) is 9.59 Å². The van der Waals surface area contributed by atoms with Crippen LogP contribution in [0.3, 0.4) is 0 Å². The zero-order valence-corrected chi connectivity index (χ0v) is 15.4. The molecule has 0 aliphatic heterocycles. The fourth-order valence-electron chi connectivity index (χ4n) is 2.60. The molecule has 0 N–H and O–H groups in total. The minimum Gasteiger partial charge on any atom is -0.465 e. The second kappa shape index (κ2) is 9.50. The van der Waals surface area contributed by atoms with E-state index in [1.54, 1.807) is 0 Å². The zero-order chi connectivity index (χ0) is 17.5. The first-order chi connectivity index (χ1) is 11.5. The Morgan fingerprint density at radius 1 is 0.917 bits per heavy atom. The van der Waals surface area contributed by atoms with Gasteiger partial charge in [0.15, 0.2) is 5.75 Å². The predicted molar refractivity (Wildman–Crippen MR) is 93.9 cm³/mol. The molecule has 0 amide bonds. The van der Waals surface area contributed by atoms with Gasteiger partial charge < -0.3 is 9.47 Å². The first-order valence-corrected chi connectivity index (χ1v) is 9.10. The molecule has 24 heavy (non-hydrogen) atoms. The maximum atomic E-state index is 11.8. The fourth-order valence-corrected chi connectivity index (χ4v) is 3.17. The van der Waals surface area contributed by atoms with Crippen molar-refractivity contribution in [1.29, 1.82) is 0 Å². The van der Waals surface area contributed by atoms with E-state index in [0.717, 1.165) is 12.8 Å². The minimum atomic E-state index is -0.579. The van der Waals surface area contributed by atoms with Gasteiger partial charge >= 0.3 is 11.9 Å². The van der Waals surface area contributed by atoms with Crippen molar-refractivity contribution >= 4 is 46.7 Å². The average molecular weight is 394 g/mol. The second-order valence-electron chi connectivity index (χ2n) is 5.86. The highest BCUT2D eigenvalue weighted by Crippen LogP contribution is 2.34. The second-order valence-corrected chi connectivity index (χ2v) is 7.08. The van der Waals surface area contributed by atoms with Gasteiger partial charge in [0.25, 0.3) is 0 Å². The monoisotopic (exact) mass is 392 g/mol. The van der Waals surface area contributed by atoms with Crippen LogP contribution in [0.4, 0.5) is 0 Å². The van der Waals surface area contributed by atoms with E-state index in [4.69, 9.17) is 44.3 Å². The van der Waals surface area contributed by atoms with Gasteiger partial charge in [0.2, 0.25) is 0 Å². The van der Waals surface area contributed by atoms with Crippen LogP contribution in [-0.2, 0) is 14.3 Å². The Kier molecular flexibility index (Phi) is 7.66. The molecule has 1 aromatic carbocycles. The molecule has 0 saturated heterocycles. The van der Waals surface area contributed by atoms with Gasteiger partial charge in [-0.25, -0.2) is 0 Å². The molecule has 4 nitrogen and oxygen atoms in total. The molecule has 0 atom stereocenters. The highest BCUT2D eigenvalue weighted by atomic mass is 35.5. The lowest BCUT2D eigenvalue weighted by Crippen LogP contribution is -2.18. The van der Waals surface area contributed by atoms with Crippen LogP contribution in [0.5, 0.6) is 5.75 Å². The quantitative estimate of drug-likeness (QED) is 0.366. The largest absolute Gasteiger partial charge is 0.465 e. The van der Waals surface area contributed by atoms with E-state index in [9.17, 15) is 9.59 Å². The maximum Gasteiger partial charge on any atom is 0.311 e. The molecule has 1 fully saturated rings. The lowest BCUT2D eigenvalue weighted by molar-refractivity contribution is -0.148. The number of halogens is 3. The van der Waals surface area contributed by atoms with Gasteiger partial charge in [0.05, 0.1) is 34.5 Å². The van der Waals surface area contributed by atoms with Crippen LogP contribution in [0.25, 0.3) is 0 Å². The highest BCUT2D eigenvalue weighted by molar-refractivity contribution is 6.43. The maximum absolute atomic E-state index is 11.8. The lowest BCUT2D eigenvalue weighted by Gasteiger charge is -2.20. The molecular weight excluding hydrogens is 375 g/mol. The SMILES string of the molecule is O=C(CCC(=O)Oc1cc(Cl)c(Cl)cc1Cl)OCC1CCCCC1. The van der Waals surface area contributed by atoms with Crippen LogP contribution in [0, 0.1) is 5.92 Å². The van der Waals surface area contributed by atoms with Crippen molar-refractivity contribution < 1.29 is 19.1 Å². The first kappa shape index (κ1) is 19.4. The summed E-state index contributed by atoms with van der Waals surface area (Å²) in [4.78, 5) is 23.5. The molecular formula is C17H19Cl3O4. The predicted octanol–water partition coefficient (Wildman–Crippen LogP) is 5.46. The Morgan fingerprint density at radius 2 is 1.54 bits per heavy atom. The summed E-state index contributed by atoms with van der Waals surface area (Å²) in [5, 5.41) is 0.682. The van der Waals surface area contributed by atoms with Crippen LogP contribution in [0.1, 0.15) is 44.9 Å². The van der Waals surface area contributed by atoms with Gasteiger partial charge in [-0.1, -0.05) is 54.1 Å². The number of benzene rings is 1. The molecule has 0 bridgehead atoms. The third-order valence-electron chi connectivity index (χ3n) is 3.94. The molecule has 0 spiro atoms. The number of ether oxygens (including phenoxy) is 2. The molecule has 0 unspecified atom stereocenters. The van der Waals surface area contributed by atoms with Crippen LogP contribution in [0.15, 0.2) is 12.1 Å². The van der Waals surface area contributed by atoms with Gasteiger partial charge in [0.1, 0.15) is 0 Å². The highest BCUT2D eigenvalue weighted by Gasteiger charge is 2.17. The van der Waals surface area contributed by atoms with Crippen molar-refractivity contribution in [3.8, 4) is 5.75 Å². The Balaban J connectivity index is 1.72. The Hall–Kier alpha value is -0.970. The summed E-state index contributed by atoms with van der Waals surface area (Å²) in [5.74, 6) is -0.404. The molecule has 1 aliphatic carbocycles. The average Bonchev–Trinajstić information content (AvgIpc) is 2.57. The number of carbonyl (C=O) groups is 2. The third-order valence-corrected chi connectivity index (χ3v) is 4.95. The molecule has 1 aromatic rings. The summed E-state index contributed by atoms with van der Waals surface area (Å²) >= 11 is 17.6. The van der Waals surface area contributed by atoms with Crippen LogP contribution >= 0.6 is 34.8 Å². The van der Waals surface area contributed by atoms with Crippen molar-refractivity contribution in [2.75, 3.05) is 6.61 Å². The summed E-state index contributed by atoms with van der Waals surface area (Å²) < 4.78 is 10.3. The van der Waals surface area contributed by atoms with Crippen molar-refractivity contribution in [3.05, 3.63) is 27.2 Å². The van der Waals surface area contributed by atoms with Crippen LogP contribution < -0.4 is 4.74 Å². The van der Waals surface area contributed by atoms with E-state index in [2.05, 4.69) is 0 Å². The standard InChI is InChI=1S/C17H19Cl3O4/c18-12-8-14(20)15(9-13(12)19)24-17(22)7-6-16(21)23-10-11-4-2-1-3-5-11/h8-9,11H,1-7,10H2. The van der Waals surface area contributed by atoms with E-state index in [-0.39, 0.29) is 33.7 Å². The number of hydrogen-bond acceptors (Lipinski definition) is 4. The first-order valence-electron chi connectivity index (χ1n) is 7.96. The summed E-state index contributed by atoms with van der Waals surface area (Å²) in [6.07, 6.45) is 5.74. The number of esters is 2. The summed E-state index contributed by atoms with van der Waals surface area (Å²) in [5.41, 5.74) is 0. The zero-order valence-electron chi connectivity index (χ0n) is 13.2. The van der Waals surface area contributed by atoms with Crippen molar-refractivity contribution in [3.63, 3.8) is 0 Å². The van der Waals surface area contributed by atoms with E-state index >= 15 is 0 Å². The fraction of sp³-hybridized carbons (Fsp3) is 0.529. The van der Waals surface area contributed by atoms with Gasteiger partial charge in [-0.2, -0.15) is 0 Å². The number of carbonyl (C=O) groups excluding carboxylic acids is 2. The number of hydrogen-bond donors (Lipinski definition) is 0. The molecule has 1 aliphatic rings. The van der Waals surface area contributed by atoms with Crippen LogP contribution in [-0.4, -0.2) is 18.5 Å². The van der Waals surface area contributed by atoms with Crippen molar-refractivity contribution in [2.24, 2.45) is 5.92 Å². The summed E-state index contributed by atoms with van der Waals surface area (Å²) in [7, 11) is 0. The molecule has 0 radical (unpaired) electrons. The Bertz CT molecular complexity index is 598. The lowest BCUT2D eigenvalue weighted by atomic mass is 9.90. The van der Waals surface area contributed by atoms with Gasteiger partial charge in [-0.05, 0) is 24.8 Å². The molecule has 132 valence electrons. The molecule has 1 saturated carbocycles. The van der Waals surface area contributed by atoms with Crippen molar-refractivity contribution in [1.82, 2.24) is 0 Å². The summed E-state index contributed by atoms with van der Waals surface area (Å²) in [6, 6.07) is 2.76. The molecule has 0 aromatic heterocycles. The van der Waals surface area contributed by atoms with E-state index in [0.29, 0.717) is 12.5 Å². The molecule has 0 heterocycles. The van der Waals surface area contributed by atoms with Crippen LogP contribution in [0.2, 0.25) is 15.1 Å². The Labute approximate surface area is 156 Å². The summed E-state index contributed by atoms with van der Waals surface area (Å²) in [6.45, 7) is 0.437.